The maximum absolute atomic E-state index is 10.9. The summed E-state index contributed by atoms with van der Waals surface area (Å²) in [5, 5.41) is 2.56. The van der Waals surface area contributed by atoms with Crippen LogP contribution in [0.25, 0.3) is 0 Å². The van der Waals surface area contributed by atoms with E-state index in [0.717, 1.165) is 6.54 Å². The molecule has 0 aromatic heterocycles. The summed E-state index contributed by atoms with van der Waals surface area (Å²) in [5.74, 6) is 0.0151. The zero-order valence-corrected chi connectivity index (χ0v) is 8.38. The smallest absolute Gasteiger partial charge is 0.233 e. The first kappa shape index (κ1) is 12.3. The highest BCUT2D eigenvalue weighted by Crippen LogP contribution is 1.82. The van der Waals surface area contributed by atoms with E-state index >= 15 is 0 Å². The largest absolute Gasteiger partial charge is 0.379 e. The minimum atomic E-state index is 0.0151. The Bertz CT molecular complexity index is 141. The summed E-state index contributed by atoms with van der Waals surface area (Å²) in [7, 11) is 3.50. The number of nitrogens with zero attached hydrogens (tertiary/aromatic N) is 1. The third-order valence-electron chi connectivity index (χ3n) is 1.57. The van der Waals surface area contributed by atoms with Gasteiger partial charge in [-0.1, -0.05) is 0 Å². The van der Waals surface area contributed by atoms with Crippen LogP contribution in [-0.4, -0.2) is 57.8 Å². The third-order valence-corrected chi connectivity index (χ3v) is 1.57. The predicted molar refractivity (Wildman–Crippen MR) is 51.4 cm³/mol. The molecular formula is C8H19N3O2. The molecule has 0 unspecified atom stereocenters. The maximum Gasteiger partial charge on any atom is 0.233 e. The molecule has 13 heavy (non-hydrogen) atoms. The average Bonchev–Trinajstić information content (AvgIpc) is 2.12. The Hall–Kier alpha value is -0.650. The first-order valence-corrected chi connectivity index (χ1v) is 4.37. The number of nitrogens with two attached hydrogens (primary N) is 1. The Morgan fingerprint density at radius 2 is 2.23 bits per heavy atom. The van der Waals surface area contributed by atoms with Crippen LogP contribution in [0.15, 0.2) is 0 Å². The van der Waals surface area contributed by atoms with Crippen LogP contribution < -0.4 is 11.1 Å². The molecule has 1 amide bonds. The molecule has 0 heterocycles. The van der Waals surface area contributed by atoms with E-state index in [2.05, 4.69) is 5.32 Å². The molecule has 0 radical (unpaired) electrons. The highest BCUT2D eigenvalue weighted by atomic mass is 16.5. The highest BCUT2D eigenvalue weighted by molar-refractivity contribution is 5.77. The van der Waals surface area contributed by atoms with E-state index in [1.54, 1.807) is 7.05 Å². The molecule has 5 heteroatoms. The molecule has 0 aromatic carbocycles. The molecule has 0 bridgehead atoms. The fourth-order valence-corrected chi connectivity index (χ4v) is 0.809. The molecule has 0 atom stereocenters. The summed E-state index contributed by atoms with van der Waals surface area (Å²) < 4.78 is 5.17. The van der Waals surface area contributed by atoms with E-state index in [0.29, 0.717) is 26.3 Å². The number of likely N-dealkylation sites (N-methyl/N-ethyl adjacent to an activating group) is 2. The van der Waals surface area contributed by atoms with Crippen LogP contribution in [0, 0.1) is 0 Å². The van der Waals surface area contributed by atoms with Gasteiger partial charge >= 0.3 is 0 Å². The van der Waals surface area contributed by atoms with Crippen molar-refractivity contribution in [2.75, 3.05) is 46.9 Å². The molecule has 0 aliphatic carbocycles. The van der Waals surface area contributed by atoms with Gasteiger partial charge in [0.15, 0.2) is 0 Å². The number of ether oxygens (including phenoxy) is 1. The van der Waals surface area contributed by atoms with E-state index in [9.17, 15) is 4.79 Å². The van der Waals surface area contributed by atoms with Crippen LogP contribution in [0.2, 0.25) is 0 Å². The number of amides is 1. The van der Waals surface area contributed by atoms with Crippen molar-refractivity contribution >= 4 is 5.91 Å². The van der Waals surface area contributed by atoms with E-state index < -0.39 is 0 Å². The Morgan fingerprint density at radius 1 is 1.54 bits per heavy atom. The van der Waals surface area contributed by atoms with Crippen molar-refractivity contribution in [3.8, 4) is 0 Å². The molecule has 0 spiro atoms. The molecule has 5 nitrogen and oxygen atoms in total. The molecule has 0 fully saturated rings. The molecule has 3 N–H and O–H groups in total. The van der Waals surface area contributed by atoms with Crippen LogP contribution in [0.3, 0.4) is 0 Å². The molecule has 0 rings (SSSR count). The monoisotopic (exact) mass is 189 g/mol. The summed E-state index contributed by atoms with van der Waals surface area (Å²) in [4.78, 5) is 12.8. The van der Waals surface area contributed by atoms with Crippen LogP contribution in [0.5, 0.6) is 0 Å². The predicted octanol–water partition coefficient (Wildman–Crippen LogP) is -1.36. The SMILES string of the molecule is CNC(=O)CN(C)CCOCCN. The lowest BCUT2D eigenvalue weighted by molar-refractivity contribution is -0.121. The summed E-state index contributed by atoms with van der Waals surface area (Å²) >= 11 is 0. The second kappa shape index (κ2) is 7.97. The number of rotatable bonds is 7. The van der Waals surface area contributed by atoms with Crippen molar-refractivity contribution in [2.24, 2.45) is 5.73 Å². The van der Waals surface area contributed by atoms with Crippen molar-refractivity contribution < 1.29 is 9.53 Å². The van der Waals surface area contributed by atoms with Gasteiger partial charge in [0.1, 0.15) is 0 Å². The molecular weight excluding hydrogens is 170 g/mol. The molecule has 78 valence electrons. The van der Waals surface area contributed by atoms with Crippen LogP contribution in [0.4, 0.5) is 0 Å². The normalized spacial score (nSPS) is 10.5. The number of hydrogen-bond donors (Lipinski definition) is 2. The van der Waals surface area contributed by atoms with E-state index in [1.807, 2.05) is 11.9 Å². The van der Waals surface area contributed by atoms with Gasteiger partial charge in [0.05, 0.1) is 19.8 Å². The molecule has 0 aromatic rings. The van der Waals surface area contributed by atoms with Gasteiger partial charge in [0.2, 0.25) is 5.91 Å². The van der Waals surface area contributed by atoms with Crippen molar-refractivity contribution in [1.82, 2.24) is 10.2 Å². The summed E-state index contributed by atoms with van der Waals surface area (Å²) in [6, 6.07) is 0. The van der Waals surface area contributed by atoms with Crippen LogP contribution in [-0.2, 0) is 9.53 Å². The summed E-state index contributed by atoms with van der Waals surface area (Å²) in [6.07, 6.45) is 0. The highest BCUT2D eigenvalue weighted by Gasteiger charge is 2.03. The number of nitrogens with one attached hydrogen (secondary N) is 1. The van der Waals surface area contributed by atoms with Gasteiger partial charge < -0.3 is 15.8 Å². The van der Waals surface area contributed by atoms with Gasteiger partial charge in [-0.05, 0) is 7.05 Å². The second-order valence-electron chi connectivity index (χ2n) is 2.81. The molecule has 0 saturated carbocycles. The quantitative estimate of drug-likeness (QED) is 0.485. The standard InChI is InChI=1S/C8H19N3O2/c1-10-8(12)7-11(2)4-6-13-5-3-9/h3-7,9H2,1-2H3,(H,10,12). The third kappa shape index (κ3) is 7.70. The first-order chi connectivity index (χ1) is 6.20. The van der Waals surface area contributed by atoms with E-state index in [1.165, 1.54) is 0 Å². The Labute approximate surface area is 79.2 Å². The Kier molecular flexibility index (Phi) is 7.57. The lowest BCUT2D eigenvalue weighted by atomic mass is 10.5. The number of hydrogen-bond acceptors (Lipinski definition) is 4. The van der Waals surface area contributed by atoms with Gasteiger partial charge in [0, 0.05) is 20.1 Å². The minimum Gasteiger partial charge on any atom is -0.379 e. The Morgan fingerprint density at radius 3 is 2.77 bits per heavy atom. The fraction of sp³-hybridized carbons (Fsp3) is 0.875. The summed E-state index contributed by atoms with van der Waals surface area (Å²) in [5.41, 5.74) is 5.24. The summed E-state index contributed by atoms with van der Waals surface area (Å²) in [6.45, 7) is 2.88. The van der Waals surface area contributed by atoms with Crippen LogP contribution >= 0.6 is 0 Å². The lowest BCUT2D eigenvalue weighted by Gasteiger charge is -2.14. The average molecular weight is 189 g/mol. The van der Waals surface area contributed by atoms with Crippen molar-refractivity contribution in [3.63, 3.8) is 0 Å². The zero-order valence-electron chi connectivity index (χ0n) is 8.38. The van der Waals surface area contributed by atoms with E-state index in [4.69, 9.17) is 10.5 Å². The Balaban J connectivity index is 3.29. The van der Waals surface area contributed by atoms with Gasteiger partial charge in [-0.15, -0.1) is 0 Å². The van der Waals surface area contributed by atoms with Crippen molar-refractivity contribution in [2.45, 2.75) is 0 Å². The van der Waals surface area contributed by atoms with Gasteiger partial charge in [0.25, 0.3) is 0 Å². The lowest BCUT2D eigenvalue weighted by Crippen LogP contribution is -2.35. The molecule has 0 aliphatic rings. The second-order valence-corrected chi connectivity index (χ2v) is 2.81. The van der Waals surface area contributed by atoms with Crippen LogP contribution in [0.1, 0.15) is 0 Å². The van der Waals surface area contributed by atoms with Crippen molar-refractivity contribution in [3.05, 3.63) is 0 Å². The zero-order chi connectivity index (χ0) is 10.1. The van der Waals surface area contributed by atoms with Gasteiger partial charge in [-0.3, -0.25) is 9.69 Å². The molecule has 0 saturated heterocycles. The number of carbonyl (C=O) groups excluding carboxylic acids is 1. The molecule has 0 aliphatic heterocycles. The number of carbonyl (C=O) groups is 1. The topological polar surface area (TPSA) is 67.6 Å². The van der Waals surface area contributed by atoms with Gasteiger partial charge in [-0.25, -0.2) is 0 Å². The first-order valence-electron chi connectivity index (χ1n) is 4.37. The fourth-order valence-electron chi connectivity index (χ4n) is 0.809. The maximum atomic E-state index is 10.9. The van der Waals surface area contributed by atoms with E-state index in [-0.39, 0.29) is 5.91 Å². The van der Waals surface area contributed by atoms with Crippen molar-refractivity contribution in [1.29, 1.82) is 0 Å². The minimum absolute atomic E-state index is 0.0151. The van der Waals surface area contributed by atoms with Gasteiger partial charge in [-0.2, -0.15) is 0 Å².